The van der Waals surface area contributed by atoms with Gasteiger partial charge in [0.15, 0.2) is 0 Å². The molecule has 3 N–H and O–H groups in total. The number of anilines is 1. The predicted molar refractivity (Wildman–Crippen MR) is 74.1 cm³/mol. The molecule has 0 spiro atoms. The van der Waals surface area contributed by atoms with E-state index < -0.39 is 5.97 Å². The monoisotopic (exact) mass is 277 g/mol. The van der Waals surface area contributed by atoms with Gasteiger partial charge in [-0.1, -0.05) is 11.6 Å². The van der Waals surface area contributed by atoms with Crippen molar-refractivity contribution in [2.45, 2.75) is 6.92 Å². The van der Waals surface area contributed by atoms with Crippen molar-refractivity contribution in [1.29, 1.82) is 0 Å². The summed E-state index contributed by atoms with van der Waals surface area (Å²) in [6, 6.07) is 9.61. The zero-order chi connectivity index (χ0) is 14.0. The van der Waals surface area contributed by atoms with Crippen LogP contribution in [0.15, 0.2) is 36.4 Å². The van der Waals surface area contributed by atoms with Gasteiger partial charge in [0.2, 0.25) is 0 Å². The summed E-state index contributed by atoms with van der Waals surface area (Å²) in [6.45, 7) is 1.83. The highest BCUT2D eigenvalue weighted by molar-refractivity contribution is 6.30. The molecule has 0 aliphatic heterocycles. The first-order valence-electron chi connectivity index (χ1n) is 5.54. The minimum atomic E-state index is -1.09. The highest BCUT2D eigenvalue weighted by Crippen LogP contribution is 2.30. The van der Waals surface area contributed by atoms with Gasteiger partial charge in [0.05, 0.1) is 0 Å². The second kappa shape index (κ2) is 5.20. The summed E-state index contributed by atoms with van der Waals surface area (Å²) in [5.41, 5.74) is 6.79. The van der Waals surface area contributed by atoms with Crippen LogP contribution in [-0.4, -0.2) is 11.1 Å². The van der Waals surface area contributed by atoms with Crippen LogP contribution in [0.4, 0.5) is 5.69 Å². The highest BCUT2D eigenvalue weighted by Gasteiger charge is 2.13. The number of carboxylic acid groups (broad SMARTS) is 1. The molecule has 0 unspecified atom stereocenters. The molecule has 0 heterocycles. The molecule has 0 amide bonds. The summed E-state index contributed by atoms with van der Waals surface area (Å²) < 4.78 is 5.62. The van der Waals surface area contributed by atoms with Crippen molar-refractivity contribution in [2.24, 2.45) is 0 Å². The molecule has 0 atom stereocenters. The lowest BCUT2D eigenvalue weighted by molar-refractivity contribution is 0.0694. The average Bonchev–Trinajstić information content (AvgIpc) is 2.34. The molecule has 2 rings (SSSR count). The van der Waals surface area contributed by atoms with Crippen LogP contribution in [0, 0.1) is 6.92 Å². The predicted octanol–water partition coefficient (Wildman–Crippen LogP) is 3.72. The van der Waals surface area contributed by atoms with Crippen LogP contribution < -0.4 is 10.5 Å². The number of nitrogens with two attached hydrogens (primary N) is 1. The van der Waals surface area contributed by atoms with E-state index in [-0.39, 0.29) is 11.3 Å². The molecule has 19 heavy (non-hydrogen) atoms. The number of aryl methyl sites for hydroxylation is 1. The molecule has 5 heteroatoms. The van der Waals surface area contributed by atoms with Gasteiger partial charge in [0.25, 0.3) is 0 Å². The van der Waals surface area contributed by atoms with E-state index in [0.29, 0.717) is 16.5 Å². The van der Waals surface area contributed by atoms with Gasteiger partial charge < -0.3 is 15.6 Å². The van der Waals surface area contributed by atoms with E-state index in [1.165, 1.54) is 12.1 Å². The van der Waals surface area contributed by atoms with Crippen LogP contribution in [-0.2, 0) is 0 Å². The van der Waals surface area contributed by atoms with Crippen LogP contribution in [0.3, 0.4) is 0 Å². The number of halogens is 1. The molecule has 0 saturated carbocycles. The molecule has 0 aliphatic rings. The zero-order valence-electron chi connectivity index (χ0n) is 10.2. The third-order valence-electron chi connectivity index (χ3n) is 2.59. The fourth-order valence-corrected chi connectivity index (χ4v) is 1.88. The molecule has 98 valence electrons. The van der Waals surface area contributed by atoms with Crippen molar-refractivity contribution < 1.29 is 14.6 Å². The Balaban J connectivity index is 2.40. The van der Waals surface area contributed by atoms with E-state index in [9.17, 15) is 4.79 Å². The number of ether oxygens (including phenoxy) is 1. The topological polar surface area (TPSA) is 72.5 Å². The number of aromatic carboxylic acids is 1. The van der Waals surface area contributed by atoms with E-state index in [2.05, 4.69) is 0 Å². The van der Waals surface area contributed by atoms with Gasteiger partial charge in [0.1, 0.15) is 17.1 Å². The SMILES string of the molecule is Cc1cc(Cl)ccc1Oc1ccc(N)cc1C(=O)O. The highest BCUT2D eigenvalue weighted by atomic mass is 35.5. The van der Waals surface area contributed by atoms with Crippen molar-refractivity contribution in [2.75, 3.05) is 5.73 Å². The number of rotatable bonds is 3. The first kappa shape index (κ1) is 13.2. The minimum Gasteiger partial charge on any atom is -0.478 e. The van der Waals surface area contributed by atoms with Crippen molar-refractivity contribution in [3.8, 4) is 11.5 Å². The Bertz CT molecular complexity index is 641. The van der Waals surface area contributed by atoms with Crippen molar-refractivity contribution >= 4 is 23.3 Å². The van der Waals surface area contributed by atoms with Crippen molar-refractivity contribution in [3.63, 3.8) is 0 Å². The number of nitrogen functional groups attached to an aromatic ring is 1. The molecular weight excluding hydrogens is 266 g/mol. The number of hydrogen-bond donors (Lipinski definition) is 2. The fraction of sp³-hybridized carbons (Fsp3) is 0.0714. The smallest absolute Gasteiger partial charge is 0.339 e. The summed E-state index contributed by atoms with van der Waals surface area (Å²) >= 11 is 5.86. The number of benzene rings is 2. The molecule has 4 nitrogen and oxygen atoms in total. The van der Waals surface area contributed by atoms with Crippen molar-refractivity contribution in [1.82, 2.24) is 0 Å². The Labute approximate surface area is 115 Å². The summed E-state index contributed by atoms with van der Waals surface area (Å²) in [6.07, 6.45) is 0. The first-order chi connectivity index (χ1) is 8.97. The molecule has 0 fully saturated rings. The normalized spacial score (nSPS) is 10.2. The Kier molecular flexibility index (Phi) is 3.62. The minimum absolute atomic E-state index is 0.0225. The van der Waals surface area contributed by atoms with Gasteiger partial charge in [-0.3, -0.25) is 0 Å². The van der Waals surface area contributed by atoms with E-state index >= 15 is 0 Å². The Morgan fingerprint density at radius 2 is 1.89 bits per heavy atom. The molecular formula is C14H12ClNO3. The maximum Gasteiger partial charge on any atom is 0.339 e. The molecule has 0 radical (unpaired) electrons. The Hall–Kier alpha value is -2.20. The van der Waals surface area contributed by atoms with Crippen molar-refractivity contribution in [3.05, 3.63) is 52.5 Å². The Morgan fingerprint density at radius 1 is 1.21 bits per heavy atom. The quantitative estimate of drug-likeness (QED) is 0.839. The lowest BCUT2D eigenvalue weighted by atomic mass is 10.1. The number of carbonyl (C=O) groups is 1. The van der Waals surface area contributed by atoms with Crippen LogP contribution >= 0.6 is 11.6 Å². The molecule has 0 aliphatic carbocycles. The van der Waals surface area contributed by atoms with Crippen LogP contribution in [0.1, 0.15) is 15.9 Å². The number of hydrogen-bond acceptors (Lipinski definition) is 3. The van der Waals surface area contributed by atoms with Gasteiger partial charge >= 0.3 is 5.97 Å². The first-order valence-corrected chi connectivity index (χ1v) is 5.92. The second-order valence-corrected chi connectivity index (χ2v) is 4.51. The van der Waals surface area contributed by atoms with E-state index in [4.69, 9.17) is 27.2 Å². The van der Waals surface area contributed by atoms with Crippen LogP contribution in [0.5, 0.6) is 11.5 Å². The van der Waals surface area contributed by atoms with Crippen LogP contribution in [0.25, 0.3) is 0 Å². The average molecular weight is 278 g/mol. The van der Waals surface area contributed by atoms with E-state index in [1.54, 1.807) is 24.3 Å². The summed E-state index contributed by atoms with van der Waals surface area (Å²) in [5.74, 6) is -0.294. The molecule has 2 aromatic rings. The zero-order valence-corrected chi connectivity index (χ0v) is 10.9. The molecule has 0 aromatic heterocycles. The third-order valence-corrected chi connectivity index (χ3v) is 2.83. The van der Waals surface area contributed by atoms with Crippen LogP contribution in [0.2, 0.25) is 5.02 Å². The third kappa shape index (κ3) is 2.98. The van der Waals surface area contributed by atoms with Gasteiger partial charge in [0, 0.05) is 10.7 Å². The summed E-state index contributed by atoms with van der Waals surface area (Å²) in [4.78, 5) is 11.1. The maximum absolute atomic E-state index is 11.1. The van der Waals surface area contributed by atoms with E-state index in [0.717, 1.165) is 5.56 Å². The standard InChI is InChI=1S/C14H12ClNO3/c1-8-6-9(15)2-4-12(8)19-13-5-3-10(16)7-11(13)14(17)18/h2-7H,16H2,1H3,(H,17,18). The fourth-order valence-electron chi connectivity index (χ4n) is 1.65. The lowest BCUT2D eigenvalue weighted by Gasteiger charge is -2.11. The molecule has 2 aromatic carbocycles. The summed E-state index contributed by atoms with van der Waals surface area (Å²) in [5, 5.41) is 9.72. The number of carboxylic acids is 1. The second-order valence-electron chi connectivity index (χ2n) is 4.07. The Morgan fingerprint density at radius 3 is 2.53 bits per heavy atom. The van der Waals surface area contributed by atoms with Gasteiger partial charge in [-0.2, -0.15) is 0 Å². The largest absolute Gasteiger partial charge is 0.478 e. The lowest BCUT2D eigenvalue weighted by Crippen LogP contribution is -2.02. The van der Waals surface area contributed by atoms with Gasteiger partial charge in [-0.15, -0.1) is 0 Å². The van der Waals surface area contributed by atoms with E-state index in [1.807, 2.05) is 6.92 Å². The van der Waals surface area contributed by atoms with Gasteiger partial charge in [-0.25, -0.2) is 4.79 Å². The summed E-state index contributed by atoms with van der Waals surface area (Å²) in [7, 11) is 0. The maximum atomic E-state index is 11.1. The van der Waals surface area contributed by atoms with Gasteiger partial charge in [-0.05, 0) is 48.9 Å². The molecule has 0 bridgehead atoms. The molecule has 0 saturated heterocycles.